The van der Waals surface area contributed by atoms with Crippen molar-refractivity contribution in [2.75, 3.05) is 16.8 Å². The molecule has 1 N–H and O–H groups in total. The smallest absolute Gasteiger partial charge is 0.244 e. The molecule has 31 heavy (non-hydrogen) atoms. The van der Waals surface area contributed by atoms with E-state index in [4.69, 9.17) is 4.99 Å². The van der Waals surface area contributed by atoms with Crippen molar-refractivity contribution in [3.8, 4) is 0 Å². The quantitative estimate of drug-likeness (QED) is 0.612. The van der Waals surface area contributed by atoms with Gasteiger partial charge in [-0.15, -0.1) is 11.3 Å². The standard InChI is InChI=1S/C23H19F2N3O2S/c1-13-6-18-20(7-14(13)2)28(23(30)11-19(27-18)21-4-3-5-31-21)12-22(29)26-17-9-15(24)8-16(25)10-17/h3-10H,11-12H2,1-2H3,(H,26,29). The normalized spacial score (nSPS) is 13.5. The first-order valence-corrected chi connectivity index (χ1v) is 10.5. The zero-order valence-electron chi connectivity index (χ0n) is 16.9. The van der Waals surface area contributed by atoms with Gasteiger partial charge in [0.2, 0.25) is 11.8 Å². The molecule has 8 heteroatoms. The lowest BCUT2D eigenvalue weighted by molar-refractivity contribution is -0.120. The predicted molar refractivity (Wildman–Crippen MR) is 118 cm³/mol. The molecular weight excluding hydrogens is 420 g/mol. The fraction of sp³-hybridized carbons (Fsp3) is 0.174. The van der Waals surface area contributed by atoms with Gasteiger partial charge in [0.15, 0.2) is 0 Å². The summed E-state index contributed by atoms with van der Waals surface area (Å²) in [6.45, 7) is 3.57. The van der Waals surface area contributed by atoms with Crippen LogP contribution in [-0.4, -0.2) is 24.1 Å². The second-order valence-corrected chi connectivity index (χ2v) is 8.27. The number of benzene rings is 2. The lowest BCUT2D eigenvalue weighted by atomic mass is 10.1. The molecule has 3 aromatic rings. The Hall–Kier alpha value is -3.39. The van der Waals surface area contributed by atoms with Crippen LogP contribution in [-0.2, 0) is 9.59 Å². The minimum Gasteiger partial charge on any atom is -0.324 e. The number of nitrogens with zero attached hydrogens (tertiary/aromatic N) is 2. The first kappa shape index (κ1) is 20.9. The van der Waals surface area contributed by atoms with Gasteiger partial charge in [0.25, 0.3) is 0 Å². The number of anilines is 2. The summed E-state index contributed by atoms with van der Waals surface area (Å²) in [4.78, 5) is 32.8. The summed E-state index contributed by atoms with van der Waals surface area (Å²) in [5.74, 6) is -2.45. The molecule has 0 aliphatic carbocycles. The molecule has 4 rings (SSSR count). The van der Waals surface area contributed by atoms with Crippen LogP contribution >= 0.6 is 11.3 Å². The molecule has 0 unspecified atom stereocenters. The monoisotopic (exact) mass is 439 g/mol. The highest BCUT2D eigenvalue weighted by Gasteiger charge is 2.27. The minimum atomic E-state index is -0.799. The molecule has 1 aliphatic rings. The van der Waals surface area contributed by atoms with E-state index in [1.165, 1.54) is 16.2 Å². The molecule has 0 radical (unpaired) electrons. The highest BCUT2D eigenvalue weighted by atomic mass is 32.1. The molecule has 0 fully saturated rings. The summed E-state index contributed by atoms with van der Waals surface area (Å²) < 4.78 is 26.9. The van der Waals surface area contributed by atoms with Crippen LogP contribution in [0.1, 0.15) is 22.4 Å². The number of nitrogens with one attached hydrogen (secondary N) is 1. The van der Waals surface area contributed by atoms with Crippen LogP contribution in [0.15, 0.2) is 52.8 Å². The number of hydrogen-bond acceptors (Lipinski definition) is 4. The van der Waals surface area contributed by atoms with E-state index in [0.717, 1.165) is 34.2 Å². The Morgan fingerprint density at radius 1 is 1.13 bits per heavy atom. The van der Waals surface area contributed by atoms with Gasteiger partial charge in [0, 0.05) is 16.6 Å². The average Bonchev–Trinajstić information content (AvgIpc) is 3.18. The van der Waals surface area contributed by atoms with Crippen LogP contribution < -0.4 is 10.2 Å². The number of rotatable bonds is 4. The number of carbonyl (C=O) groups excluding carboxylic acids is 2. The molecule has 2 amide bonds. The first-order chi connectivity index (χ1) is 14.8. The maximum atomic E-state index is 13.4. The largest absolute Gasteiger partial charge is 0.324 e. The second kappa shape index (κ2) is 8.39. The SMILES string of the molecule is Cc1cc2c(cc1C)N(CC(=O)Nc1cc(F)cc(F)c1)C(=O)CC(c1cccs1)=N2. The third-order valence-electron chi connectivity index (χ3n) is 5.01. The fourth-order valence-corrected chi connectivity index (χ4v) is 4.09. The van der Waals surface area contributed by atoms with Crippen molar-refractivity contribution in [1.29, 1.82) is 0 Å². The Labute approximate surface area is 182 Å². The van der Waals surface area contributed by atoms with Crippen molar-refractivity contribution in [3.63, 3.8) is 0 Å². The van der Waals surface area contributed by atoms with E-state index in [2.05, 4.69) is 5.32 Å². The molecule has 0 saturated heterocycles. The molecule has 0 saturated carbocycles. The van der Waals surface area contributed by atoms with Crippen molar-refractivity contribution in [1.82, 2.24) is 0 Å². The summed E-state index contributed by atoms with van der Waals surface area (Å²) in [6.07, 6.45) is 0.0369. The molecule has 158 valence electrons. The van der Waals surface area contributed by atoms with E-state index in [-0.39, 0.29) is 24.6 Å². The van der Waals surface area contributed by atoms with Crippen LogP contribution in [0.3, 0.4) is 0 Å². The summed E-state index contributed by atoms with van der Waals surface area (Å²) in [7, 11) is 0. The van der Waals surface area contributed by atoms with E-state index >= 15 is 0 Å². The Morgan fingerprint density at radius 2 is 1.84 bits per heavy atom. The molecule has 2 heterocycles. The minimum absolute atomic E-state index is 0.0133. The number of hydrogen-bond donors (Lipinski definition) is 1. The number of amides is 2. The number of aryl methyl sites for hydroxylation is 2. The maximum Gasteiger partial charge on any atom is 0.244 e. The van der Waals surface area contributed by atoms with Gasteiger partial charge < -0.3 is 10.2 Å². The van der Waals surface area contributed by atoms with Gasteiger partial charge in [0.05, 0.1) is 23.5 Å². The molecular formula is C23H19F2N3O2S. The van der Waals surface area contributed by atoms with Gasteiger partial charge in [-0.1, -0.05) is 6.07 Å². The summed E-state index contributed by atoms with van der Waals surface area (Å²) in [5, 5.41) is 4.37. The van der Waals surface area contributed by atoms with Crippen molar-refractivity contribution in [2.24, 2.45) is 4.99 Å². The molecule has 1 aliphatic heterocycles. The van der Waals surface area contributed by atoms with E-state index < -0.39 is 17.5 Å². The van der Waals surface area contributed by atoms with E-state index in [0.29, 0.717) is 17.1 Å². The van der Waals surface area contributed by atoms with Crippen LogP contribution in [0.4, 0.5) is 25.8 Å². The Kier molecular flexibility index (Phi) is 5.65. The Morgan fingerprint density at radius 3 is 2.52 bits per heavy atom. The van der Waals surface area contributed by atoms with Gasteiger partial charge in [-0.2, -0.15) is 0 Å². The van der Waals surface area contributed by atoms with Crippen molar-refractivity contribution in [2.45, 2.75) is 20.3 Å². The zero-order valence-corrected chi connectivity index (χ0v) is 17.7. The summed E-state index contributed by atoms with van der Waals surface area (Å²) >= 11 is 1.49. The number of carbonyl (C=O) groups is 2. The summed E-state index contributed by atoms with van der Waals surface area (Å²) in [6, 6.07) is 10.3. The van der Waals surface area contributed by atoms with Gasteiger partial charge in [-0.25, -0.2) is 13.8 Å². The highest BCUT2D eigenvalue weighted by Crippen LogP contribution is 2.36. The van der Waals surface area contributed by atoms with Crippen molar-refractivity contribution < 1.29 is 18.4 Å². The van der Waals surface area contributed by atoms with Crippen LogP contribution in [0.2, 0.25) is 0 Å². The zero-order chi connectivity index (χ0) is 22.1. The second-order valence-electron chi connectivity index (χ2n) is 7.32. The third-order valence-corrected chi connectivity index (χ3v) is 5.93. The molecule has 5 nitrogen and oxygen atoms in total. The van der Waals surface area contributed by atoms with E-state index in [9.17, 15) is 18.4 Å². The van der Waals surface area contributed by atoms with E-state index in [1.54, 1.807) is 0 Å². The van der Waals surface area contributed by atoms with E-state index in [1.807, 2.05) is 43.5 Å². The topological polar surface area (TPSA) is 61.8 Å². The lowest BCUT2D eigenvalue weighted by Crippen LogP contribution is -2.38. The Balaban J connectivity index is 1.66. The van der Waals surface area contributed by atoms with Crippen LogP contribution in [0.5, 0.6) is 0 Å². The molecule has 1 aromatic heterocycles. The average molecular weight is 439 g/mol. The molecule has 0 spiro atoms. The number of fused-ring (bicyclic) bond motifs is 1. The highest BCUT2D eigenvalue weighted by molar-refractivity contribution is 7.12. The first-order valence-electron chi connectivity index (χ1n) is 9.59. The number of thiophene rings is 1. The molecule has 0 atom stereocenters. The predicted octanol–water partition coefficient (Wildman–Crippen LogP) is 5.14. The fourth-order valence-electron chi connectivity index (χ4n) is 3.38. The lowest BCUT2D eigenvalue weighted by Gasteiger charge is -2.23. The van der Waals surface area contributed by atoms with Crippen molar-refractivity contribution in [3.05, 3.63) is 75.5 Å². The van der Waals surface area contributed by atoms with Gasteiger partial charge in [-0.05, 0) is 60.7 Å². The van der Waals surface area contributed by atoms with Gasteiger partial charge in [-0.3, -0.25) is 9.59 Å². The maximum absolute atomic E-state index is 13.4. The number of aliphatic imine (C=N–C) groups is 1. The number of halogens is 2. The third kappa shape index (κ3) is 4.54. The van der Waals surface area contributed by atoms with Gasteiger partial charge in [0.1, 0.15) is 18.2 Å². The van der Waals surface area contributed by atoms with Crippen LogP contribution in [0.25, 0.3) is 0 Å². The summed E-state index contributed by atoms with van der Waals surface area (Å²) in [5.41, 5.74) is 3.73. The molecule has 0 bridgehead atoms. The molecule has 2 aromatic carbocycles. The van der Waals surface area contributed by atoms with Crippen LogP contribution in [0, 0.1) is 25.5 Å². The van der Waals surface area contributed by atoms with Gasteiger partial charge >= 0.3 is 0 Å². The Bertz CT molecular complexity index is 1190. The van der Waals surface area contributed by atoms with Crippen molar-refractivity contribution >= 4 is 45.9 Å².